The van der Waals surface area contributed by atoms with E-state index in [0.717, 1.165) is 5.56 Å². The van der Waals surface area contributed by atoms with Gasteiger partial charge in [0.05, 0.1) is 0 Å². The number of aryl methyl sites for hydroxylation is 1. The molecule has 0 atom stereocenters. The molecule has 2 aromatic heterocycles. The first kappa shape index (κ1) is 15.2. The molecule has 0 radical (unpaired) electrons. The van der Waals surface area contributed by atoms with E-state index in [1.807, 2.05) is 18.2 Å². The number of halogens is 1. The van der Waals surface area contributed by atoms with Gasteiger partial charge in [0.25, 0.3) is 5.89 Å². The molecule has 9 heteroatoms. The van der Waals surface area contributed by atoms with Crippen molar-refractivity contribution < 1.29 is 9.45 Å². The highest BCUT2D eigenvalue weighted by atomic mass is 35.5. The molecule has 0 aliphatic heterocycles. The second-order valence-electron chi connectivity index (χ2n) is 4.92. The molecule has 1 aromatic carbocycles. The number of benzene rings is 1. The van der Waals surface area contributed by atoms with Crippen LogP contribution < -0.4 is 0 Å². The smallest absolute Gasteiger partial charge is 0.343 e. The predicted octanol–water partition coefficient (Wildman–Crippen LogP) is 2.78. The lowest BCUT2D eigenvalue weighted by Gasteiger charge is -1.98. The van der Waals surface area contributed by atoms with E-state index in [0.29, 0.717) is 23.1 Å². The summed E-state index contributed by atoms with van der Waals surface area (Å²) in [5.74, 6) is 1.16. The number of rotatable bonds is 5. The fraction of sp³-hybridized carbons (Fsp3) is 0.214. The summed E-state index contributed by atoms with van der Waals surface area (Å²) < 4.78 is 6.58. The standard InChI is InChI=1S/C14H12ClN5O3/c1-9-16-7-14(20(21)22)19(9)8-13-17-12(18-23-13)6-10-3-2-4-11(15)5-10/h2-5,7H,6,8H2,1H3. The molecule has 0 aliphatic carbocycles. The van der Waals surface area contributed by atoms with Crippen LogP contribution in [0.2, 0.25) is 5.02 Å². The minimum Gasteiger partial charge on any atom is -0.358 e. The maximum Gasteiger partial charge on any atom is 0.343 e. The first-order valence-corrected chi connectivity index (χ1v) is 7.13. The minimum absolute atomic E-state index is 0.102. The van der Waals surface area contributed by atoms with Crippen LogP contribution in [-0.4, -0.2) is 24.6 Å². The highest BCUT2D eigenvalue weighted by Crippen LogP contribution is 2.17. The zero-order valence-electron chi connectivity index (χ0n) is 12.1. The minimum atomic E-state index is -0.497. The molecule has 0 amide bonds. The molecule has 3 rings (SSSR count). The highest BCUT2D eigenvalue weighted by Gasteiger charge is 2.20. The van der Waals surface area contributed by atoms with Crippen molar-refractivity contribution in [2.45, 2.75) is 19.9 Å². The third-order valence-corrected chi connectivity index (χ3v) is 3.51. The molecule has 0 spiro atoms. The Kier molecular flexibility index (Phi) is 4.07. The van der Waals surface area contributed by atoms with Crippen molar-refractivity contribution in [2.75, 3.05) is 0 Å². The van der Waals surface area contributed by atoms with Crippen LogP contribution >= 0.6 is 11.6 Å². The molecule has 0 N–H and O–H groups in total. The SMILES string of the molecule is Cc1ncc([N+](=O)[O-])n1Cc1nc(Cc2cccc(Cl)c2)no1. The van der Waals surface area contributed by atoms with Crippen molar-refractivity contribution in [1.29, 1.82) is 0 Å². The third kappa shape index (κ3) is 3.37. The van der Waals surface area contributed by atoms with Crippen molar-refractivity contribution in [1.82, 2.24) is 19.7 Å². The van der Waals surface area contributed by atoms with E-state index in [4.69, 9.17) is 16.1 Å². The molecule has 0 aliphatic rings. The van der Waals surface area contributed by atoms with Gasteiger partial charge in [-0.3, -0.25) is 0 Å². The summed E-state index contributed by atoms with van der Waals surface area (Å²) in [5.41, 5.74) is 0.953. The Hall–Kier alpha value is -2.74. The zero-order chi connectivity index (χ0) is 16.4. The van der Waals surface area contributed by atoms with E-state index >= 15 is 0 Å². The van der Waals surface area contributed by atoms with Crippen LogP contribution in [0.25, 0.3) is 0 Å². The van der Waals surface area contributed by atoms with Gasteiger partial charge in [0.2, 0.25) is 0 Å². The highest BCUT2D eigenvalue weighted by molar-refractivity contribution is 6.30. The fourth-order valence-corrected chi connectivity index (χ4v) is 2.40. The average Bonchev–Trinajstić information content (AvgIpc) is 3.07. The lowest BCUT2D eigenvalue weighted by atomic mass is 10.1. The van der Waals surface area contributed by atoms with Crippen LogP contribution in [-0.2, 0) is 13.0 Å². The van der Waals surface area contributed by atoms with Gasteiger partial charge in [0.15, 0.2) is 18.2 Å². The first-order valence-electron chi connectivity index (χ1n) is 6.75. The van der Waals surface area contributed by atoms with Crippen LogP contribution in [0.15, 0.2) is 35.0 Å². The molecule has 8 nitrogen and oxygen atoms in total. The Bertz CT molecular complexity index is 858. The topological polar surface area (TPSA) is 99.9 Å². The molecule has 23 heavy (non-hydrogen) atoms. The Morgan fingerprint density at radius 1 is 1.43 bits per heavy atom. The van der Waals surface area contributed by atoms with E-state index in [9.17, 15) is 10.1 Å². The molecular formula is C14H12ClN5O3. The van der Waals surface area contributed by atoms with Crippen LogP contribution in [0.5, 0.6) is 0 Å². The average molecular weight is 334 g/mol. The van der Waals surface area contributed by atoms with Crippen molar-refractivity contribution >= 4 is 17.4 Å². The van der Waals surface area contributed by atoms with E-state index in [1.54, 1.807) is 13.0 Å². The lowest BCUT2D eigenvalue weighted by Crippen LogP contribution is -2.06. The van der Waals surface area contributed by atoms with Crippen LogP contribution in [0.1, 0.15) is 23.1 Å². The summed E-state index contributed by atoms with van der Waals surface area (Å²) in [5, 5.41) is 15.5. The zero-order valence-corrected chi connectivity index (χ0v) is 12.9. The molecule has 0 unspecified atom stereocenters. The second-order valence-corrected chi connectivity index (χ2v) is 5.35. The number of imidazole rings is 1. The summed E-state index contributed by atoms with van der Waals surface area (Å²) >= 11 is 5.94. The Balaban J connectivity index is 1.78. The molecule has 0 saturated carbocycles. The van der Waals surface area contributed by atoms with Crippen molar-refractivity contribution in [3.05, 3.63) is 68.7 Å². The van der Waals surface area contributed by atoms with Crippen molar-refractivity contribution in [2.24, 2.45) is 0 Å². The Labute approximate surface area is 135 Å². The number of hydrogen-bond acceptors (Lipinski definition) is 6. The lowest BCUT2D eigenvalue weighted by molar-refractivity contribution is -0.392. The van der Waals surface area contributed by atoms with Gasteiger partial charge in [0.1, 0.15) is 6.20 Å². The molecule has 0 saturated heterocycles. The van der Waals surface area contributed by atoms with E-state index in [-0.39, 0.29) is 18.3 Å². The number of nitro groups is 1. The van der Waals surface area contributed by atoms with E-state index < -0.39 is 4.92 Å². The number of aromatic nitrogens is 4. The van der Waals surface area contributed by atoms with Crippen LogP contribution in [0.3, 0.4) is 0 Å². The third-order valence-electron chi connectivity index (χ3n) is 3.28. The maximum atomic E-state index is 11.0. The fourth-order valence-electron chi connectivity index (χ4n) is 2.19. The van der Waals surface area contributed by atoms with Crippen LogP contribution in [0, 0.1) is 17.0 Å². The van der Waals surface area contributed by atoms with Gasteiger partial charge in [-0.2, -0.15) is 4.98 Å². The molecule has 2 heterocycles. The summed E-state index contributed by atoms with van der Waals surface area (Å²) in [4.78, 5) is 18.7. The summed E-state index contributed by atoms with van der Waals surface area (Å²) in [6, 6.07) is 7.36. The van der Waals surface area contributed by atoms with Gasteiger partial charge in [0, 0.05) is 18.4 Å². The quantitative estimate of drug-likeness (QED) is 0.525. The summed E-state index contributed by atoms with van der Waals surface area (Å²) in [6.45, 7) is 1.78. The molecular weight excluding hydrogens is 322 g/mol. The van der Waals surface area contributed by atoms with E-state index in [2.05, 4.69) is 15.1 Å². The molecule has 0 fully saturated rings. The largest absolute Gasteiger partial charge is 0.358 e. The monoisotopic (exact) mass is 333 g/mol. The normalized spacial score (nSPS) is 10.9. The first-order chi connectivity index (χ1) is 11.0. The number of hydrogen-bond donors (Lipinski definition) is 0. The molecule has 0 bridgehead atoms. The Morgan fingerprint density at radius 3 is 3.00 bits per heavy atom. The predicted molar refractivity (Wildman–Crippen MR) is 81.3 cm³/mol. The van der Waals surface area contributed by atoms with Gasteiger partial charge in [-0.1, -0.05) is 28.9 Å². The van der Waals surface area contributed by atoms with Gasteiger partial charge in [-0.25, -0.2) is 9.55 Å². The van der Waals surface area contributed by atoms with Crippen molar-refractivity contribution in [3.63, 3.8) is 0 Å². The second kappa shape index (κ2) is 6.17. The summed E-state index contributed by atoms with van der Waals surface area (Å²) in [6.07, 6.45) is 1.67. The van der Waals surface area contributed by atoms with Crippen molar-refractivity contribution in [3.8, 4) is 0 Å². The van der Waals surface area contributed by atoms with E-state index in [1.165, 1.54) is 10.8 Å². The van der Waals surface area contributed by atoms with Gasteiger partial charge < -0.3 is 14.6 Å². The van der Waals surface area contributed by atoms with Gasteiger partial charge in [-0.15, -0.1) is 0 Å². The molecule has 3 aromatic rings. The maximum absolute atomic E-state index is 11.0. The van der Waals surface area contributed by atoms with Gasteiger partial charge >= 0.3 is 5.82 Å². The summed E-state index contributed by atoms with van der Waals surface area (Å²) in [7, 11) is 0. The Morgan fingerprint density at radius 2 is 2.26 bits per heavy atom. The van der Waals surface area contributed by atoms with Gasteiger partial charge in [-0.05, 0) is 22.6 Å². The number of nitrogens with zero attached hydrogens (tertiary/aromatic N) is 5. The van der Waals surface area contributed by atoms with Crippen LogP contribution in [0.4, 0.5) is 5.82 Å². The molecule has 118 valence electrons.